The Morgan fingerprint density at radius 2 is 1.92 bits per heavy atom. The van der Waals surface area contributed by atoms with Gasteiger partial charge in [-0.3, -0.25) is 9.59 Å². The molecule has 0 radical (unpaired) electrons. The number of hydrogen-bond donors (Lipinski definition) is 0. The Labute approximate surface area is 237 Å². The molecule has 1 spiro atoms. The van der Waals surface area contributed by atoms with Crippen LogP contribution in [0.15, 0.2) is 12.1 Å². The van der Waals surface area contributed by atoms with Crippen molar-refractivity contribution in [1.29, 1.82) is 0 Å². The molecule has 39 heavy (non-hydrogen) atoms. The summed E-state index contributed by atoms with van der Waals surface area (Å²) in [6.07, 6.45) is 9.18. The summed E-state index contributed by atoms with van der Waals surface area (Å²) in [5.41, 5.74) is 2.01. The predicted octanol–water partition coefficient (Wildman–Crippen LogP) is 4.02. The number of nitrogens with zero attached hydrogens (tertiary/aromatic N) is 3. The fourth-order valence-corrected chi connectivity index (χ4v) is 8.51. The molecule has 2 aliphatic carbocycles. The molecule has 2 saturated carbocycles. The number of ether oxygens (including phenoxy) is 1. The van der Waals surface area contributed by atoms with Crippen LogP contribution in [0.4, 0.5) is 0 Å². The number of carbonyl (C=O) groups is 2. The van der Waals surface area contributed by atoms with Crippen LogP contribution in [0.2, 0.25) is 5.02 Å². The summed E-state index contributed by atoms with van der Waals surface area (Å²) in [5, 5.41) is 0.649. The second kappa shape index (κ2) is 10.2. The maximum absolute atomic E-state index is 14.1. The highest BCUT2D eigenvalue weighted by atomic mass is 35.5. The number of carbonyl (C=O) groups excluding carboxylic acids is 2. The summed E-state index contributed by atoms with van der Waals surface area (Å²) < 4.78 is 32.2. The van der Waals surface area contributed by atoms with Crippen molar-refractivity contribution in [3.8, 4) is 5.75 Å². The van der Waals surface area contributed by atoms with E-state index in [0.29, 0.717) is 62.1 Å². The zero-order chi connectivity index (χ0) is 27.5. The van der Waals surface area contributed by atoms with Crippen LogP contribution in [0.25, 0.3) is 0 Å². The number of halogens is 1. The molecule has 214 valence electrons. The van der Waals surface area contributed by atoms with Crippen molar-refractivity contribution in [2.75, 3.05) is 39.0 Å². The van der Waals surface area contributed by atoms with E-state index in [0.717, 1.165) is 49.8 Å². The Morgan fingerprint density at radius 3 is 2.59 bits per heavy atom. The van der Waals surface area contributed by atoms with Gasteiger partial charge < -0.3 is 14.5 Å². The van der Waals surface area contributed by atoms with Gasteiger partial charge in [0.15, 0.2) is 0 Å². The Balaban J connectivity index is 1.34. The molecule has 0 aromatic heterocycles. The van der Waals surface area contributed by atoms with Crippen molar-refractivity contribution in [3.05, 3.63) is 28.3 Å². The number of likely N-dealkylation sites (tertiary alicyclic amines) is 1. The standard InChI is InChI=1S/C29H40ClN3O5S/c1-19-5-3-4-6-21(19)28(35)33-14-10-22-23(30)7-8-25(38-20-9-13-32(16-20)39(2,36)37)27(22)24(33)17-31-18-29(11-12-29)15-26(31)34/h7-8,19-21,24H,3-6,9-18H2,1-2H3/t19-,20-,21+,24+/m0/s1. The van der Waals surface area contributed by atoms with E-state index in [1.165, 1.54) is 17.0 Å². The third kappa shape index (κ3) is 5.31. The molecule has 3 aliphatic heterocycles. The van der Waals surface area contributed by atoms with E-state index < -0.39 is 10.0 Å². The van der Waals surface area contributed by atoms with Crippen molar-refractivity contribution in [2.24, 2.45) is 17.3 Å². The lowest BCUT2D eigenvalue weighted by atomic mass is 9.78. The molecule has 1 aromatic carbocycles. The first-order valence-electron chi connectivity index (χ1n) is 14.6. The number of hydrogen-bond acceptors (Lipinski definition) is 5. The van der Waals surface area contributed by atoms with Gasteiger partial charge in [0.2, 0.25) is 21.8 Å². The normalized spacial score (nSPS) is 30.6. The second-order valence-electron chi connectivity index (χ2n) is 12.7. The van der Waals surface area contributed by atoms with Gasteiger partial charge in [0.25, 0.3) is 0 Å². The summed E-state index contributed by atoms with van der Waals surface area (Å²) in [6.45, 7) is 4.68. The van der Waals surface area contributed by atoms with Crippen LogP contribution in [0.3, 0.4) is 0 Å². The topological polar surface area (TPSA) is 87.2 Å². The first-order valence-corrected chi connectivity index (χ1v) is 16.8. The van der Waals surface area contributed by atoms with Gasteiger partial charge in [-0.05, 0) is 67.6 Å². The zero-order valence-corrected chi connectivity index (χ0v) is 24.6. The molecule has 1 aromatic rings. The average molecular weight is 578 g/mol. The van der Waals surface area contributed by atoms with Crippen LogP contribution >= 0.6 is 11.6 Å². The summed E-state index contributed by atoms with van der Waals surface area (Å²) in [7, 11) is -3.29. The number of rotatable bonds is 6. The van der Waals surface area contributed by atoms with E-state index in [9.17, 15) is 18.0 Å². The molecule has 5 aliphatic rings. The van der Waals surface area contributed by atoms with Gasteiger partial charge in [-0.1, -0.05) is 31.4 Å². The van der Waals surface area contributed by atoms with Crippen molar-refractivity contribution in [1.82, 2.24) is 14.1 Å². The van der Waals surface area contributed by atoms with E-state index in [1.807, 2.05) is 21.9 Å². The lowest BCUT2D eigenvalue weighted by molar-refractivity contribution is -0.143. The number of sulfonamides is 1. The zero-order valence-electron chi connectivity index (χ0n) is 23.0. The highest BCUT2D eigenvalue weighted by Crippen LogP contribution is 2.54. The Morgan fingerprint density at radius 1 is 1.15 bits per heavy atom. The average Bonchev–Trinajstić information content (AvgIpc) is 3.32. The van der Waals surface area contributed by atoms with Gasteiger partial charge in [0.05, 0.1) is 18.8 Å². The van der Waals surface area contributed by atoms with E-state index in [2.05, 4.69) is 6.92 Å². The third-order valence-corrected chi connectivity index (χ3v) is 11.5. The molecule has 0 N–H and O–H groups in total. The summed E-state index contributed by atoms with van der Waals surface area (Å²) >= 11 is 6.75. The lowest BCUT2D eigenvalue weighted by Crippen LogP contribution is -2.49. The predicted molar refractivity (Wildman–Crippen MR) is 149 cm³/mol. The van der Waals surface area contributed by atoms with Crippen molar-refractivity contribution in [2.45, 2.75) is 76.9 Å². The van der Waals surface area contributed by atoms with Gasteiger partial charge in [-0.15, -0.1) is 0 Å². The van der Waals surface area contributed by atoms with Crippen molar-refractivity contribution < 1.29 is 22.7 Å². The van der Waals surface area contributed by atoms with Crippen LogP contribution in [0.1, 0.15) is 75.5 Å². The number of amides is 2. The number of benzene rings is 1. The molecule has 4 fully saturated rings. The van der Waals surface area contributed by atoms with Crippen LogP contribution < -0.4 is 4.74 Å². The quantitative estimate of drug-likeness (QED) is 0.510. The Bertz CT molecular complexity index is 1270. The minimum atomic E-state index is -3.29. The highest BCUT2D eigenvalue weighted by molar-refractivity contribution is 7.88. The monoisotopic (exact) mass is 577 g/mol. The Hall–Kier alpha value is -1.84. The Kier molecular flexibility index (Phi) is 7.16. The van der Waals surface area contributed by atoms with Gasteiger partial charge in [-0.25, -0.2) is 8.42 Å². The second-order valence-corrected chi connectivity index (χ2v) is 15.1. The van der Waals surface area contributed by atoms with Crippen LogP contribution in [0.5, 0.6) is 5.75 Å². The fourth-order valence-electron chi connectivity index (χ4n) is 7.38. The molecule has 8 nitrogen and oxygen atoms in total. The maximum Gasteiger partial charge on any atom is 0.226 e. The molecule has 0 unspecified atom stereocenters. The van der Waals surface area contributed by atoms with E-state index >= 15 is 0 Å². The lowest BCUT2D eigenvalue weighted by Gasteiger charge is -2.43. The third-order valence-electron chi connectivity index (χ3n) is 9.91. The smallest absolute Gasteiger partial charge is 0.226 e. The molecule has 10 heteroatoms. The van der Waals surface area contributed by atoms with E-state index in [-0.39, 0.29) is 35.3 Å². The first kappa shape index (κ1) is 27.3. The molecular formula is C29H40ClN3O5S. The molecule has 2 saturated heterocycles. The van der Waals surface area contributed by atoms with Crippen LogP contribution in [-0.4, -0.2) is 79.4 Å². The van der Waals surface area contributed by atoms with Gasteiger partial charge in [0, 0.05) is 49.1 Å². The molecule has 6 rings (SSSR count). The van der Waals surface area contributed by atoms with E-state index in [4.69, 9.17) is 16.3 Å². The fraction of sp³-hybridized carbons (Fsp3) is 0.724. The van der Waals surface area contributed by atoms with Crippen LogP contribution in [-0.2, 0) is 26.0 Å². The van der Waals surface area contributed by atoms with Gasteiger partial charge in [-0.2, -0.15) is 4.31 Å². The molecule has 0 bridgehead atoms. The molecular weight excluding hydrogens is 538 g/mol. The minimum absolute atomic E-state index is 0.00597. The first-order chi connectivity index (χ1) is 18.5. The van der Waals surface area contributed by atoms with Crippen LogP contribution in [0, 0.1) is 17.3 Å². The summed E-state index contributed by atoms with van der Waals surface area (Å²) in [4.78, 5) is 31.2. The van der Waals surface area contributed by atoms with E-state index in [1.54, 1.807) is 0 Å². The maximum atomic E-state index is 14.1. The largest absolute Gasteiger partial charge is 0.489 e. The van der Waals surface area contributed by atoms with Gasteiger partial charge in [0.1, 0.15) is 11.9 Å². The summed E-state index contributed by atoms with van der Waals surface area (Å²) in [6, 6.07) is 3.37. The van der Waals surface area contributed by atoms with Crippen molar-refractivity contribution in [3.63, 3.8) is 0 Å². The molecule has 3 heterocycles. The highest BCUT2D eigenvalue weighted by Gasteiger charge is 2.52. The SMILES string of the molecule is C[C@H]1CCCC[C@H]1C(=O)N1CCc2c(Cl)ccc(O[C@H]3CCN(S(C)(=O)=O)C3)c2[C@H]1CN1CC2(CC2)CC1=O. The molecule has 2 amide bonds. The molecule has 4 atom stereocenters. The number of fused-ring (bicyclic) bond motifs is 1. The minimum Gasteiger partial charge on any atom is -0.489 e. The summed E-state index contributed by atoms with van der Waals surface area (Å²) in [5.74, 6) is 1.34. The van der Waals surface area contributed by atoms with Crippen molar-refractivity contribution >= 4 is 33.4 Å². The van der Waals surface area contributed by atoms with Gasteiger partial charge >= 0.3 is 0 Å².